The van der Waals surface area contributed by atoms with Gasteiger partial charge >= 0.3 is 0 Å². The molecule has 0 unspecified atom stereocenters. The highest BCUT2D eigenvalue weighted by molar-refractivity contribution is 5.78. The Bertz CT molecular complexity index is 1250. The van der Waals surface area contributed by atoms with Crippen LogP contribution < -0.4 is 4.74 Å². The van der Waals surface area contributed by atoms with Crippen LogP contribution in [0, 0.1) is 11.8 Å². The minimum atomic E-state index is 0.0801. The lowest BCUT2D eigenvalue weighted by Crippen LogP contribution is -2.68. The zero-order valence-electron chi connectivity index (χ0n) is 21.2. The molecule has 2 fully saturated rings. The number of benzene rings is 2. The first-order chi connectivity index (χ1) is 18.2. The first-order valence-corrected chi connectivity index (χ1v) is 13.0. The van der Waals surface area contributed by atoms with Crippen LogP contribution in [0.3, 0.4) is 0 Å². The number of aliphatic hydroxyl groups is 1. The summed E-state index contributed by atoms with van der Waals surface area (Å²) in [6, 6.07) is 20.2. The lowest BCUT2D eigenvalue weighted by atomic mass is 9.74. The van der Waals surface area contributed by atoms with Gasteiger partial charge in [-0.3, -0.25) is 14.7 Å². The lowest BCUT2D eigenvalue weighted by Gasteiger charge is -2.57. The Hall–Kier alpha value is -3.66. The van der Waals surface area contributed by atoms with Gasteiger partial charge in [-0.2, -0.15) is 0 Å². The number of aliphatic hydroxyl groups excluding tert-OH is 1. The van der Waals surface area contributed by atoms with Crippen molar-refractivity contribution in [2.24, 2.45) is 0 Å². The Morgan fingerprint density at radius 3 is 2.27 bits per heavy atom. The molecule has 1 amide bonds. The van der Waals surface area contributed by atoms with E-state index in [0.717, 1.165) is 48.4 Å². The summed E-state index contributed by atoms with van der Waals surface area (Å²) in [6.07, 6.45) is 5.87. The minimum Gasteiger partial charge on any atom is -0.497 e. The van der Waals surface area contributed by atoms with Gasteiger partial charge < -0.3 is 14.7 Å². The van der Waals surface area contributed by atoms with E-state index < -0.39 is 0 Å². The molecule has 0 radical (unpaired) electrons. The van der Waals surface area contributed by atoms with Crippen LogP contribution in [0.2, 0.25) is 0 Å². The van der Waals surface area contributed by atoms with Crippen molar-refractivity contribution >= 4 is 5.91 Å². The molecule has 3 heterocycles. The van der Waals surface area contributed by atoms with Crippen LogP contribution >= 0.6 is 0 Å². The number of fused-ring (bicyclic) bond motifs is 1. The Morgan fingerprint density at radius 2 is 1.62 bits per heavy atom. The topological polar surface area (TPSA) is 65.9 Å². The molecule has 1 aromatic heterocycles. The number of aromatic nitrogens is 1. The molecule has 37 heavy (non-hydrogen) atoms. The van der Waals surface area contributed by atoms with Crippen LogP contribution in [-0.4, -0.2) is 71.2 Å². The van der Waals surface area contributed by atoms with Gasteiger partial charge in [0.1, 0.15) is 5.75 Å². The average molecular weight is 496 g/mol. The molecule has 0 bridgehead atoms. The molecule has 2 aliphatic rings. The third-order valence-electron chi connectivity index (χ3n) is 7.56. The number of ether oxygens (including phenoxy) is 1. The number of pyridine rings is 1. The van der Waals surface area contributed by atoms with Gasteiger partial charge in [-0.25, -0.2) is 0 Å². The van der Waals surface area contributed by atoms with Gasteiger partial charge in [-0.1, -0.05) is 24.0 Å². The fourth-order valence-corrected chi connectivity index (χ4v) is 5.56. The normalized spacial score (nSPS) is 21.5. The van der Waals surface area contributed by atoms with Crippen molar-refractivity contribution in [1.29, 1.82) is 0 Å². The summed E-state index contributed by atoms with van der Waals surface area (Å²) in [7, 11) is 1.65. The standard InChI is InChI=1S/C31H33N3O3/c1-37-27-12-8-24(9-13-27)5-4-23-6-10-26(11-7-23)31-28-21-33(18-2-3-19-34(28)29(31)22-35)30(36)20-25-14-16-32-17-15-25/h6-17,28-29,31,35H,2-3,18-22H2,1H3/t28-,29+,31+/m1/s1. The smallest absolute Gasteiger partial charge is 0.227 e. The van der Waals surface area contributed by atoms with E-state index in [0.29, 0.717) is 13.0 Å². The molecule has 6 nitrogen and oxygen atoms in total. The highest BCUT2D eigenvalue weighted by Gasteiger charge is 2.49. The number of hydrogen-bond acceptors (Lipinski definition) is 5. The van der Waals surface area contributed by atoms with Crippen molar-refractivity contribution in [3.8, 4) is 17.6 Å². The SMILES string of the molecule is COc1ccc(C#Cc2ccc([C@H]3[C@H]4CN(C(=O)Cc5ccncc5)CCCCN4[C@H]3CO)cc2)cc1. The van der Waals surface area contributed by atoms with E-state index in [2.05, 4.69) is 46.0 Å². The minimum absolute atomic E-state index is 0.0801. The van der Waals surface area contributed by atoms with Gasteiger partial charge in [-0.05, 0) is 79.0 Å². The number of carbonyl (C=O) groups is 1. The summed E-state index contributed by atoms with van der Waals surface area (Å²) in [5, 5.41) is 10.2. The van der Waals surface area contributed by atoms with E-state index in [9.17, 15) is 9.90 Å². The monoisotopic (exact) mass is 495 g/mol. The van der Waals surface area contributed by atoms with Gasteiger partial charge in [0, 0.05) is 54.6 Å². The Labute approximate surface area is 218 Å². The Balaban J connectivity index is 1.30. The number of carbonyl (C=O) groups excluding carboxylic acids is 1. The summed E-state index contributed by atoms with van der Waals surface area (Å²) < 4.78 is 5.21. The molecule has 0 spiro atoms. The fourth-order valence-electron chi connectivity index (χ4n) is 5.56. The molecule has 2 saturated heterocycles. The summed E-state index contributed by atoms with van der Waals surface area (Å²) in [4.78, 5) is 21.7. The van der Waals surface area contributed by atoms with Crippen LogP contribution in [0.25, 0.3) is 0 Å². The average Bonchev–Trinajstić information content (AvgIpc) is 2.92. The highest BCUT2D eigenvalue weighted by Crippen LogP contribution is 2.42. The number of rotatable bonds is 5. The quantitative estimate of drug-likeness (QED) is 0.549. The van der Waals surface area contributed by atoms with Gasteiger partial charge in [-0.15, -0.1) is 0 Å². The van der Waals surface area contributed by atoms with E-state index in [1.807, 2.05) is 41.3 Å². The maximum absolute atomic E-state index is 13.2. The second-order valence-electron chi connectivity index (χ2n) is 9.76. The second kappa shape index (κ2) is 11.6. The molecule has 5 rings (SSSR count). The molecule has 1 N–H and O–H groups in total. The van der Waals surface area contributed by atoms with E-state index in [1.165, 1.54) is 5.56 Å². The van der Waals surface area contributed by atoms with Gasteiger partial charge in [0.25, 0.3) is 0 Å². The molecule has 3 aromatic rings. The van der Waals surface area contributed by atoms with Crippen molar-refractivity contribution < 1.29 is 14.6 Å². The predicted octanol–water partition coefficient (Wildman–Crippen LogP) is 3.48. The van der Waals surface area contributed by atoms with E-state index >= 15 is 0 Å². The number of amides is 1. The van der Waals surface area contributed by atoms with Crippen LogP contribution in [0.5, 0.6) is 5.75 Å². The van der Waals surface area contributed by atoms with E-state index in [1.54, 1.807) is 19.5 Å². The van der Waals surface area contributed by atoms with E-state index in [4.69, 9.17) is 4.74 Å². The van der Waals surface area contributed by atoms with Crippen LogP contribution in [-0.2, 0) is 11.2 Å². The van der Waals surface area contributed by atoms with E-state index in [-0.39, 0.29) is 30.5 Å². The van der Waals surface area contributed by atoms with Crippen LogP contribution in [0.1, 0.15) is 41.0 Å². The number of hydrogen-bond donors (Lipinski definition) is 1. The third kappa shape index (κ3) is 5.69. The Morgan fingerprint density at radius 1 is 0.973 bits per heavy atom. The summed E-state index contributed by atoms with van der Waals surface area (Å²) in [6.45, 7) is 2.55. The lowest BCUT2D eigenvalue weighted by molar-refractivity contribution is -0.135. The molecule has 6 heteroatoms. The largest absolute Gasteiger partial charge is 0.497 e. The van der Waals surface area contributed by atoms with Gasteiger partial charge in [0.15, 0.2) is 0 Å². The molecular formula is C31H33N3O3. The van der Waals surface area contributed by atoms with Gasteiger partial charge in [0.2, 0.25) is 5.91 Å². The Kier molecular flexibility index (Phi) is 7.84. The van der Waals surface area contributed by atoms with Crippen molar-refractivity contribution in [3.63, 3.8) is 0 Å². The first kappa shape index (κ1) is 25.0. The highest BCUT2D eigenvalue weighted by atomic mass is 16.5. The zero-order chi connectivity index (χ0) is 25.6. The van der Waals surface area contributed by atoms with Crippen molar-refractivity contribution in [3.05, 3.63) is 95.3 Å². The zero-order valence-corrected chi connectivity index (χ0v) is 21.2. The summed E-state index contributed by atoms with van der Waals surface area (Å²) in [5.74, 6) is 7.60. The summed E-state index contributed by atoms with van der Waals surface area (Å²) in [5.41, 5.74) is 4.06. The third-order valence-corrected chi connectivity index (χ3v) is 7.56. The molecule has 0 saturated carbocycles. The molecule has 3 atom stereocenters. The van der Waals surface area contributed by atoms with Crippen molar-refractivity contribution in [1.82, 2.24) is 14.8 Å². The maximum Gasteiger partial charge on any atom is 0.227 e. The molecule has 2 aromatic carbocycles. The molecule has 190 valence electrons. The number of nitrogens with zero attached hydrogens (tertiary/aromatic N) is 3. The molecule has 0 aliphatic carbocycles. The molecule has 2 aliphatic heterocycles. The van der Waals surface area contributed by atoms with Crippen LogP contribution in [0.4, 0.5) is 0 Å². The van der Waals surface area contributed by atoms with Crippen molar-refractivity contribution in [2.45, 2.75) is 37.3 Å². The van der Waals surface area contributed by atoms with Crippen molar-refractivity contribution in [2.75, 3.05) is 33.4 Å². The number of methoxy groups -OCH3 is 1. The summed E-state index contributed by atoms with van der Waals surface area (Å²) >= 11 is 0. The first-order valence-electron chi connectivity index (χ1n) is 13.0. The second-order valence-corrected chi connectivity index (χ2v) is 9.76. The molecular weight excluding hydrogens is 462 g/mol. The van der Waals surface area contributed by atoms with Crippen LogP contribution in [0.15, 0.2) is 73.1 Å². The van der Waals surface area contributed by atoms with Gasteiger partial charge in [0.05, 0.1) is 20.1 Å². The predicted molar refractivity (Wildman–Crippen MR) is 143 cm³/mol. The fraction of sp³-hybridized carbons (Fsp3) is 0.355. The maximum atomic E-state index is 13.2.